The molecule has 2 rings (SSSR count). The molecule has 4 nitrogen and oxygen atoms in total. The Balaban J connectivity index is 2.18. The maximum Gasteiger partial charge on any atom is 0.418 e. The molecule has 2 N–H and O–H groups in total. The highest BCUT2D eigenvalue weighted by molar-refractivity contribution is 5.90. The molecule has 0 saturated heterocycles. The minimum Gasteiger partial charge on any atom is -0.508 e. The van der Waals surface area contributed by atoms with Gasteiger partial charge < -0.3 is 15.3 Å². The number of hydrogen-bond acceptors (Lipinski definition) is 2. The predicted molar refractivity (Wildman–Crippen MR) is 84.7 cm³/mol. The Morgan fingerprint density at radius 2 is 1.83 bits per heavy atom. The van der Waals surface area contributed by atoms with Crippen molar-refractivity contribution in [2.45, 2.75) is 19.1 Å². The number of anilines is 1. The number of phenolic OH excluding ortho intramolecular Hbond substituents is 1. The zero-order chi connectivity index (χ0) is 17.9. The lowest BCUT2D eigenvalue weighted by Gasteiger charge is -2.26. The lowest BCUT2D eigenvalue weighted by molar-refractivity contribution is -0.136. The zero-order valence-corrected chi connectivity index (χ0v) is 13.1. The fourth-order valence-electron chi connectivity index (χ4n) is 2.23. The number of hydrogen-bond donors (Lipinski definition) is 2. The number of nitrogens with one attached hydrogen (secondary N) is 1. The van der Waals surface area contributed by atoms with E-state index in [-0.39, 0.29) is 11.4 Å². The average molecular weight is 338 g/mol. The molecule has 0 unspecified atom stereocenters. The Bertz CT molecular complexity index is 732. The van der Waals surface area contributed by atoms with Gasteiger partial charge in [0.1, 0.15) is 5.75 Å². The molecule has 2 amide bonds. The van der Waals surface area contributed by atoms with Crippen LogP contribution in [0.15, 0.2) is 48.5 Å². The van der Waals surface area contributed by atoms with Gasteiger partial charge in [0, 0.05) is 7.05 Å². The molecule has 0 aromatic heterocycles. The van der Waals surface area contributed by atoms with Crippen molar-refractivity contribution in [1.82, 2.24) is 4.90 Å². The van der Waals surface area contributed by atoms with Gasteiger partial charge in [-0.1, -0.05) is 24.3 Å². The summed E-state index contributed by atoms with van der Waals surface area (Å²) >= 11 is 0. The number of para-hydroxylation sites is 1. The fraction of sp³-hybridized carbons (Fsp3) is 0.235. The van der Waals surface area contributed by atoms with Gasteiger partial charge in [-0.2, -0.15) is 13.2 Å². The quantitative estimate of drug-likeness (QED) is 0.857. The molecule has 0 aliphatic carbocycles. The van der Waals surface area contributed by atoms with Crippen molar-refractivity contribution < 1.29 is 23.1 Å². The summed E-state index contributed by atoms with van der Waals surface area (Å²) in [4.78, 5) is 13.5. The molecule has 0 aliphatic rings. The van der Waals surface area contributed by atoms with Gasteiger partial charge in [0.25, 0.3) is 0 Å². The molecule has 0 heterocycles. The first-order valence-corrected chi connectivity index (χ1v) is 7.19. The average Bonchev–Trinajstić information content (AvgIpc) is 2.53. The maximum absolute atomic E-state index is 13.0. The summed E-state index contributed by atoms with van der Waals surface area (Å²) < 4.78 is 38.9. The van der Waals surface area contributed by atoms with Crippen LogP contribution in [-0.4, -0.2) is 23.1 Å². The lowest BCUT2D eigenvalue weighted by Crippen LogP contribution is -2.34. The first-order chi connectivity index (χ1) is 11.2. The van der Waals surface area contributed by atoms with Gasteiger partial charge >= 0.3 is 12.2 Å². The third-order valence-corrected chi connectivity index (χ3v) is 3.73. The largest absolute Gasteiger partial charge is 0.508 e. The molecule has 0 bridgehead atoms. The molecule has 2 aromatic rings. The van der Waals surface area contributed by atoms with E-state index < -0.39 is 23.8 Å². The summed E-state index contributed by atoms with van der Waals surface area (Å²) in [5.74, 6) is 0.0515. The van der Waals surface area contributed by atoms with Crippen LogP contribution in [0.4, 0.5) is 23.7 Å². The summed E-state index contributed by atoms with van der Waals surface area (Å²) in [6.07, 6.45) is -4.56. The summed E-state index contributed by atoms with van der Waals surface area (Å²) in [6.45, 7) is 1.71. The highest BCUT2D eigenvalue weighted by Gasteiger charge is 2.34. The minimum atomic E-state index is -4.56. The normalized spacial score (nSPS) is 12.5. The fourth-order valence-corrected chi connectivity index (χ4v) is 2.23. The smallest absolute Gasteiger partial charge is 0.418 e. The Morgan fingerprint density at radius 1 is 1.17 bits per heavy atom. The molecule has 0 spiro atoms. The van der Waals surface area contributed by atoms with Crippen LogP contribution < -0.4 is 5.32 Å². The number of phenols is 1. The molecule has 24 heavy (non-hydrogen) atoms. The topological polar surface area (TPSA) is 52.6 Å². The van der Waals surface area contributed by atoms with E-state index in [4.69, 9.17) is 0 Å². The van der Waals surface area contributed by atoms with E-state index in [1.807, 2.05) is 0 Å². The molecular formula is C17H17F3N2O2. The van der Waals surface area contributed by atoms with Crippen molar-refractivity contribution >= 4 is 11.7 Å². The van der Waals surface area contributed by atoms with E-state index in [0.29, 0.717) is 5.56 Å². The van der Waals surface area contributed by atoms with Crippen LogP contribution in [0, 0.1) is 0 Å². The third-order valence-electron chi connectivity index (χ3n) is 3.73. The van der Waals surface area contributed by atoms with Crippen LogP contribution in [0.25, 0.3) is 0 Å². The number of halogens is 3. The van der Waals surface area contributed by atoms with Crippen molar-refractivity contribution in [1.29, 1.82) is 0 Å². The van der Waals surface area contributed by atoms with E-state index >= 15 is 0 Å². The predicted octanol–water partition coefficient (Wildman–Crippen LogP) is 4.64. The first kappa shape index (κ1) is 17.7. The molecular weight excluding hydrogens is 321 g/mol. The van der Waals surface area contributed by atoms with Gasteiger partial charge in [-0.05, 0) is 36.8 Å². The van der Waals surface area contributed by atoms with Gasteiger partial charge in [0.15, 0.2) is 0 Å². The van der Waals surface area contributed by atoms with Crippen LogP contribution in [0.1, 0.15) is 24.1 Å². The number of urea groups is 1. The number of amides is 2. The van der Waals surface area contributed by atoms with E-state index in [1.54, 1.807) is 19.1 Å². The second-order valence-electron chi connectivity index (χ2n) is 5.36. The van der Waals surface area contributed by atoms with Crippen LogP contribution >= 0.6 is 0 Å². The third kappa shape index (κ3) is 3.98. The van der Waals surface area contributed by atoms with Gasteiger partial charge in [0.05, 0.1) is 17.3 Å². The van der Waals surface area contributed by atoms with Crippen molar-refractivity contribution in [3.63, 3.8) is 0 Å². The van der Waals surface area contributed by atoms with Crippen molar-refractivity contribution in [2.75, 3.05) is 12.4 Å². The Hall–Kier alpha value is -2.70. The molecule has 0 saturated carbocycles. The molecule has 0 fully saturated rings. The molecule has 0 aliphatic heterocycles. The highest BCUT2D eigenvalue weighted by Crippen LogP contribution is 2.35. The minimum absolute atomic E-state index is 0.0515. The van der Waals surface area contributed by atoms with Crippen LogP contribution in [0.2, 0.25) is 0 Å². The van der Waals surface area contributed by atoms with Crippen LogP contribution in [0.3, 0.4) is 0 Å². The van der Waals surface area contributed by atoms with Crippen molar-refractivity contribution in [3.05, 3.63) is 59.7 Å². The summed E-state index contributed by atoms with van der Waals surface area (Å²) in [5.41, 5.74) is -0.543. The number of carbonyl (C=O) groups excluding carboxylic acids is 1. The Kier molecular flexibility index (Phi) is 5.02. The number of nitrogens with zero attached hydrogens (tertiary/aromatic N) is 1. The van der Waals surface area contributed by atoms with Crippen LogP contribution in [-0.2, 0) is 6.18 Å². The van der Waals surface area contributed by atoms with E-state index in [2.05, 4.69) is 5.32 Å². The van der Waals surface area contributed by atoms with Gasteiger partial charge in [0.2, 0.25) is 0 Å². The summed E-state index contributed by atoms with van der Waals surface area (Å²) in [7, 11) is 1.47. The molecule has 2 aromatic carbocycles. The Labute approximate surface area is 137 Å². The van der Waals surface area contributed by atoms with E-state index in [9.17, 15) is 23.1 Å². The first-order valence-electron chi connectivity index (χ1n) is 7.19. The highest BCUT2D eigenvalue weighted by atomic mass is 19.4. The van der Waals surface area contributed by atoms with Crippen molar-refractivity contribution in [2.24, 2.45) is 0 Å². The molecule has 1 atom stereocenters. The van der Waals surface area contributed by atoms with Gasteiger partial charge in [-0.15, -0.1) is 0 Å². The van der Waals surface area contributed by atoms with Crippen molar-refractivity contribution in [3.8, 4) is 5.75 Å². The summed E-state index contributed by atoms with van der Waals surface area (Å²) in [6, 6.07) is 10.0. The molecule has 7 heteroatoms. The lowest BCUT2D eigenvalue weighted by atomic mass is 10.1. The van der Waals surface area contributed by atoms with Crippen LogP contribution in [0.5, 0.6) is 5.75 Å². The zero-order valence-electron chi connectivity index (χ0n) is 13.1. The second kappa shape index (κ2) is 6.82. The van der Waals surface area contributed by atoms with Gasteiger partial charge in [-0.3, -0.25) is 0 Å². The van der Waals surface area contributed by atoms with E-state index in [1.165, 1.54) is 42.3 Å². The Morgan fingerprint density at radius 3 is 2.46 bits per heavy atom. The number of aromatic hydroxyl groups is 1. The van der Waals surface area contributed by atoms with E-state index in [0.717, 1.165) is 6.07 Å². The number of benzene rings is 2. The standard InChI is InChI=1S/C17H17F3N2O2/c1-11(12-6-5-7-13(23)10-12)22(2)16(24)21-15-9-4-3-8-14(15)17(18,19)20/h3-11,23H,1-2H3,(H,21,24)/t11-/m1/s1. The summed E-state index contributed by atoms with van der Waals surface area (Å²) in [5, 5.41) is 11.8. The number of alkyl halides is 3. The molecule has 0 radical (unpaired) electrons. The maximum atomic E-state index is 13.0. The SMILES string of the molecule is C[C@H](c1cccc(O)c1)N(C)C(=O)Nc1ccccc1C(F)(F)F. The second-order valence-corrected chi connectivity index (χ2v) is 5.36. The van der Waals surface area contributed by atoms with Gasteiger partial charge in [-0.25, -0.2) is 4.79 Å². The number of rotatable bonds is 3. The molecule has 128 valence electrons. The monoisotopic (exact) mass is 338 g/mol. The number of carbonyl (C=O) groups is 1.